The molecule has 2 heteroatoms. The van der Waals surface area contributed by atoms with Gasteiger partial charge in [-0.2, -0.15) is 0 Å². The average molecular weight is 115 g/mol. The van der Waals surface area contributed by atoms with E-state index in [0.29, 0.717) is 12.8 Å². The fourth-order valence-electron chi connectivity index (χ4n) is 0.936. The highest BCUT2D eigenvalue weighted by atomic mass is 16.5. The fourth-order valence-corrected chi connectivity index (χ4v) is 0.936. The first-order valence-electron chi connectivity index (χ1n) is 2.97. The van der Waals surface area contributed by atoms with E-state index < -0.39 is 5.79 Å². The van der Waals surface area contributed by atoms with Gasteiger partial charge < -0.3 is 10.2 Å². The Kier molecular flexibility index (Phi) is 1.54. The molecule has 0 aliphatic heterocycles. The van der Waals surface area contributed by atoms with Gasteiger partial charge in [0, 0.05) is 12.8 Å². The van der Waals surface area contributed by atoms with Gasteiger partial charge in [-0.25, -0.2) is 0 Å². The van der Waals surface area contributed by atoms with Crippen LogP contribution in [-0.4, -0.2) is 16.0 Å². The molecule has 0 saturated heterocycles. The van der Waals surface area contributed by atoms with Gasteiger partial charge >= 0.3 is 0 Å². The highest BCUT2D eigenvalue weighted by molar-refractivity contribution is 4.80. The van der Waals surface area contributed by atoms with Crippen LogP contribution in [-0.2, 0) is 0 Å². The molecule has 0 atom stereocenters. The van der Waals surface area contributed by atoms with Crippen molar-refractivity contribution in [3.63, 3.8) is 0 Å². The van der Waals surface area contributed by atoms with E-state index in [1.54, 1.807) is 0 Å². The minimum atomic E-state index is -1.35. The molecule has 1 fully saturated rings. The van der Waals surface area contributed by atoms with Crippen molar-refractivity contribution in [1.29, 1.82) is 0 Å². The maximum atomic E-state index is 8.91. The first-order chi connectivity index (χ1) is 3.71. The summed E-state index contributed by atoms with van der Waals surface area (Å²) < 4.78 is 0. The molecular weight excluding hydrogens is 104 g/mol. The van der Waals surface area contributed by atoms with E-state index in [1.165, 1.54) is 0 Å². The molecule has 0 amide bonds. The van der Waals surface area contributed by atoms with Gasteiger partial charge in [0.15, 0.2) is 5.79 Å². The molecule has 0 unspecified atom stereocenters. The van der Waals surface area contributed by atoms with Crippen molar-refractivity contribution in [2.45, 2.75) is 31.5 Å². The zero-order valence-corrected chi connectivity index (χ0v) is 4.80. The summed E-state index contributed by atoms with van der Waals surface area (Å²) in [6.07, 6.45) is 4.78. The Morgan fingerprint density at radius 2 is 1.62 bits per heavy atom. The molecule has 0 heterocycles. The first-order valence-corrected chi connectivity index (χ1v) is 2.97. The van der Waals surface area contributed by atoms with Crippen molar-refractivity contribution < 1.29 is 10.2 Å². The van der Waals surface area contributed by atoms with Crippen LogP contribution in [0.1, 0.15) is 25.7 Å². The Labute approximate surface area is 49.1 Å². The molecule has 1 saturated carbocycles. The lowest BCUT2D eigenvalue weighted by Crippen LogP contribution is -2.30. The van der Waals surface area contributed by atoms with Gasteiger partial charge in [0.05, 0.1) is 0 Å². The van der Waals surface area contributed by atoms with Crippen molar-refractivity contribution in [1.82, 2.24) is 0 Å². The van der Waals surface area contributed by atoms with Gasteiger partial charge in [0.2, 0.25) is 0 Å². The van der Waals surface area contributed by atoms with Gasteiger partial charge in [-0.3, -0.25) is 0 Å². The van der Waals surface area contributed by atoms with Crippen LogP contribution in [0.5, 0.6) is 0 Å². The van der Waals surface area contributed by atoms with E-state index in [4.69, 9.17) is 10.2 Å². The van der Waals surface area contributed by atoms with Crippen LogP contribution in [0.4, 0.5) is 0 Å². The van der Waals surface area contributed by atoms with Crippen molar-refractivity contribution in [2.75, 3.05) is 0 Å². The molecule has 2 nitrogen and oxygen atoms in total. The smallest absolute Gasteiger partial charge is 0.162 e. The monoisotopic (exact) mass is 115 g/mol. The van der Waals surface area contributed by atoms with Gasteiger partial charge in [-0.1, -0.05) is 0 Å². The predicted octanol–water partition coefficient (Wildman–Crippen LogP) is 0.446. The topological polar surface area (TPSA) is 40.5 Å². The zero-order valence-electron chi connectivity index (χ0n) is 4.80. The molecule has 0 aromatic carbocycles. The molecular formula is C6H11O2. The molecule has 2 N–H and O–H groups in total. The van der Waals surface area contributed by atoms with Crippen LogP contribution in [0, 0.1) is 6.42 Å². The Hall–Kier alpha value is -0.0800. The third-order valence-corrected chi connectivity index (χ3v) is 1.50. The fraction of sp³-hybridized carbons (Fsp3) is 0.833. The highest BCUT2D eigenvalue weighted by Crippen LogP contribution is 2.23. The predicted molar refractivity (Wildman–Crippen MR) is 29.9 cm³/mol. The molecule has 1 radical (unpaired) electrons. The van der Waals surface area contributed by atoms with Crippen molar-refractivity contribution >= 4 is 0 Å². The molecule has 0 spiro atoms. The van der Waals surface area contributed by atoms with Gasteiger partial charge in [0.25, 0.3) is 0 Å². The SMILES string of the molecule is OC1(O)CC[CH]CC1. The summed E-state index contributed by atoms with van der Waals surface area (Å²) >= 11 is 0. The zero-order chi connectivity index (χ0) is 6.04. The van der Waals surface area contributed by atoms with Crippen LogP contribution in [0.15, 0.2) is 0 Å². The molecule has 1 rings (SSSR count). The lowest BCUT2D eigenvalue weighted by molar-refractivity contribution is -0.175. The number of aliphatic hydroxyl groups is 2. The maximum absolute atomic E-state index is 8.91. The van der Waals surface area contributed by atoms with E-state index in [1.807, 2.05) is 0 Å². The molecule has 1 aliphatic rings. The molecule has 8 heavy (non-hydrogen) atoms. The normalized spacial score (nSPS) is 27.8. The van der Waals surface area contributed by atoms with Crippen LogP contribution in [0.3, 0.4) is 0 Å². The summed E-state index contributed by atoms with van der Waals surface area (Å²) in [5, 5.41) is 17.8. The van der Waals surface area contributed by atoms with E-state index in [2.05, 4.69) is 6.42 Å². The minimum Gasteiger partial charge on any atom is -0.366 e. The van der Waals surface area contributed by atoms with Crippen LogP contribution in [0.2, 0.25) is 0 Å². The minimum absolute atomic E-state index is 0.507. The van der Waals surface area contributed by atoms with Crippen LogP contribution in [0.25, 0.3) is 0 Å². The Morgan fingerprint density at radius 3 is 1.88 bits per heavy atom. The molecule has 0 aromatic heterocycles. The van der Waals surface area contributed by atoms with Crippen molar-refractivity contribution in [2.24, 2.45) is 0 Å². The van der Waals surface area contributed by atoms with Crippen molar-refractivity contribution in [3.05, 3.63) is 6.42 Å². The summed E-state index contributed by atoms with van der Waals surface area (Å²) in [7, 11) is 0. The van der Waals surface area contributed by atoms with E-state index >= 15 is 0 Å². The van der Waals surface area contributed by atoms with Gasteiger partial charge in [-0.05, 0) is 19.3 Å². The third-order valence-electron chi connectivity index (χ3n) is 1.50. The second-order valence-corrected chi connectivity index (χ2v) is 2.35. The lowest BCUT2D eigenvalue weighted by Gasteiger charge is -2.25. The van der Waals surface area contributed by atoms with Gasteiger partial charge in [-0.15, -0.1) is 0 Å². The lowest BCUT2D eigenvalue weighted by atomic mass is 9.95. The maximum Gasteiger partial charge on any atom is 0.162 e. The number of hydrogen-bond donors (Lipinski definition) is 2. The summed E-state index contributed by atoms with van der Waals surface area (Å²) in [6.45, 7) is 0. The molecule has 0 aromatic rings. The van der Waals surface area contributed by atoms with Crippen LogP contribution >= 0.6 is 0 Å². The summed E-state index contributed by atoms with van der Waals surface area (Å²) in [5.41, 5.74) is 0. The standard InChI is InChI=1S/C6H11O2/c7-6(8)4-2-1-3-5-6/h1,7-8H,2-5H2. The summed E-state index contributed by atoms with van der Waals surface area (Å²) in [5.74, 6) is -1.35. The molecule has 47 valence electrons. The second kappa shape index (κ2) is 2.03. The average Bonchev–Trinajstić information content (AvgIpc) is 1.65. The van der Waals surface area contributed by atoms with E-state index in [9.17, 15) is 0 Å². The van der Waals surface area contributed by atoms with Gasteiger partial charge in [0.1, 0.15) is 0 Å². The Morgan fingerprint density at radius 1 is 1.12 bits per heavy atom. The van der Waals surface area contributed by atoms with Crippen LogP contribution < -0.4 is 0 Å². The largest absolute Gasteiger partial charge is 0.366 e. The summed E-state index contributed by atoms with van der Waals surface area (Å²) in [6, 6.07) is 0. The number of rotatable bonds is 0. The second-order valence-electron chi connectivity index (χ2n) is 2.35. The van der Waals surface area contributed by atoms with E-state index in [0.717, 1.165) is 12.8 Å². The Balaban J connectivity index is 2.33. The third kappa shape index (κ3) is 1.46. The van der Waals surface area contributed by atoms with E-state index in [-0.39, 0.29) is 0 Å². The number of hydrogen-bond acceptors (Lipinski definition) is 2. The van der Waals surface area contributed by atoms with Crippen molar-refractivity contribution in [3.8, 4) is 0 Å². The summed E-state index contributed by atoms with van der Waals surface area (Å²) in [4.78, 5) is 0. The quantitative estimate of drug-likeness (QED) is 0.450. The molecule has 0 bridgehead atoms. The Bertz CT molecular complexity index is 70.6. The highest BCUT2D eigenvalue weighted by Gasteiger charge is 2.24. The first kappa shape index (κ1) is 6.05. The molecule has 1 aliphatic carbocycles.